The Morgan fingerprint density at radius 2 is 1.64 bits per heavy atom. The summed E-state index contributed by atoms with van der Waals surface area (Å²) in [4.78, 5) is 5.31. The Morgan fingerprint density at radius 1 is 0.929 bits per heavy atom. The van der Waals surface area contributed by atoms with Gasteiger partial charge in [-0.25, -0.2) is 0 Å². The number of furan rings is 1. The van der Waals surface area contributed by atoms with Crippen LogP contribution in [0.5, 0.6) is 0 Å². The van der Waals surface area contributed by atoms with Crippen molar-refractivity contribution in [1.82, 2.24) is 4.90 Å². The van der Waals surface area contributed by atoms with E-state index in [1.807, 2.05) is 24.3 Å². The van der Waals surface area contributed by atoms with E-state index < -0.39 is 0 Å². The quantitative estimate of drug-likeness (QED) is 0.470. The lowest BCUT2D eigenvalue weighted by Crippen LogP contribution is -2.48. The molecule has 0 saturated carbocycles. The van der Waals surface area contributed by atoms with Crippen LogP contribution in [0, 0.1) is 6.92 Å². The zero-order chi connectivity index (χ0) is 19.7. The lowest BCUT2D eigenvalue weighted by atomic mass is 10.2. The van der Waals surface area contributed by atoms with Crippen molar-refractivity contribution in [3.8, 4) is 11.3 Å². The first-order valence-electron chi connectivity index (χ1n) is 9.18. The predicted molar refractivity (Wildman–Crippen MR) is 121 cm³/mol. The predicted octanol–water partition coefficient (Wildman–Crippen LogP) is 6.06. The van der Waals surface area contributed by atoms with Crippen molar-refractivity contribution in [2.75, 3.05) is 31.1 Å². The van der Waals surface area contributed by atoms with Gasteiger partial charge in [-0.15, -0.1) is 0 Å². The second-order valence-corrected chi connectivity index (χ2v) is 8.05. The SMILES string of the molecule is Cc1ccc(N2CCN(C(=S)c3ccc(-c4cccc(Cl)c4Cl)o3)CC2)cc1. The first kappa shape index (κ1) is 19.3. The Kier molecular flexibility index (Phi) is 5.63. The van der Waals surface area contributed by atoms with Crippen molar-refractivity contribution in [3.63, 3.8) is 0 Å². The molecule has 0 unspecified atom stereocenters. The van der Waals surface area contributed by atoms with Crippen molar-refractivity contribution < 1.29 is 4.42 Å². The van der Waals surface area contributed by atoms with E-state index in [0.717, 1.165) is 36.7 Å². The van der Waals surface area contributed by atoms with Crippen LogP contribution in [-0.4, -0.2) is 36.1 Å². The van der Waals surface area contributed by atoms with Gasteiger partial charge in [0.2, 0.25) is 0 Å². The van der Waals surface area contributed by atoms with Gasteiger partial charge in [-0.3, -0.25) is 0 Å². The minimum atomic E-state index is 0.489. The van der Waals surface area contributed by atoms with Gasteiger partial charge in [0.1, 0.15) is 10.7 Å². The summed E-state index contributed by atoms with van der Waals surface area (Å²) < 4.78 is 6.01. The van der Waals surface area contributed by atoms with Gasteiger partial charge in [-0.05, 0) is 43.3 Å². The highest BCUT2D eigenvalue weighted by molar-refractivity contribution is 7.80. The molecule has 3 nitrogen and oxygen atoms in total. The first-order chi connectivity index (χ1) is 13.5. The van der Waals surface area contributed by atoms with Crippen LogP contribution >= 0.6 is 35.4 Å². The molecule has 0 N–H and O–H groups in total. The number of halogens is 2. The number of anilines is 1. The van der Waals surface area contributed by atoms with Gasteiger partial charge in [0.25, 0.3) is 0 Å². The molecule has 1 aliphatic heterocycles. The van der Waals surface area contributed by atoms with Gasteiger partial charge >= 0.3 is 0 Å². The van der Waals surface area contributed by atoms with Gasteiger partial charge < -0.3 is 14.2 Å². The third-order valence-corrected chi connectivity index (χ3v) is 6.28. The summed E-state index contributed by atoms with van der Waals surface area (Å²) in [6, 6.07) is 18.0. The summed E-state index contributed by atoms with van der Waals surface area (Å²) in [7, 11) is 0. The standard InChI is InChI=1S/C22H20Cl2N2OS/c1-15-5-7-16(8-6-15)25-11-13-26(14-12-25)22(28)20-10-9-19(27-20)17-3-2-4-18(23)21(17)24/h2-10H,11-14H2,1H3. The van der Waals surface area contributed by atoms with Crippen LogP contribution < -0.4 is 4.90 Å². The van der Waals surface area contributed by atoms with Crippen molar-refractivity contribution in [2.24, 2.45) is 0 Å². The van der Waals surface area contributed by atoms with Crippen LogP contribution in [-0.2, 0) is 0 Å². The summed E-state index contributed by atoms with van der Waals surface area (Å²) in [5, 5.41) is 0.995. The molecule has 6 heteroatoms. The number of hydrogen-bond acceptors (Lipinski definition) is 3. The molecule has 3 aromatic rings. The fraction of sp³-hybridized carbons (Fsp3) is 0.227. The smallest absolute Gasteiger partial charge is 0.162 e. The van der Waals surface area contributed by atoms with Crippen molar-refractivity contribution in [3.05, 3.63) is 76.0 Å². The summed E-state index contributed by atoms with van der Waals surface area (Å²) in [5.74, 6) is 1.35. The van der Waals surface area contributed by atoms with Crippen molar-refractivity contribution in [1.29, 1.82) is 0 Å². The third-order valence-electron chi connectivity index (χ3n) is 5.00. The lowest BCUT2D eigenvalue weighted by molar-refractivity contribution is 0.385. The first-order valence-corrected chi connectivity index (χ1v) is 10.3. The molecule has 1 fully saturated rings. The molecule has 0 bridgehead atoms. The highest BCUT2D eigenvalue weighted by Gasteiger charge is 2.22. The van der Waals surface area contributed by atoms with E-state index in [-0.39, 0.29) is 0 Å². The molecule has 0 spiro atoms. The van der Waals surface area contributed by atoms with Crippen LogP contribution in [0.25, 0.3) is 11.3 Å². The van der Waals surface area contributed by atoms with Gasteiger partial charge in [-0.1, -0.05) is 59.2 Å². The minimum Gasteiger partial charge on any atom is -0.454 e. The van der Waals surface area contributed by atoms with Crippen LogP contribution in [0.3, 0.4) is 0 Å². The summed E-state index contributed by atoms with van der Waals surface area (Å²) >= 11 is 18.1. The molecule has 1 aliphatic rings. The number of piperazine rings is 1. The number of rotatable bonds is 3. The second kappa shape index (κ2) is 8.16. The normalized spacial score (nSPS) is 14.4. The van der Waals surface area contributed by atoms with Gasteiger partial charge in [-0.2, -0.15) is 0 Å². The monoisotopic (exact) mass is 430 g/mol. The van der Waals surface area contributed by atoms with Crippen molar-refractivity contribution >= 4 is 46.1 Å². The van der Waals surface area contributed by atoms with Crippen molar-refractivity contribution in [2.45, 2.75) is 6.92 Å². The van der Waals surface area contributed by atoms with Gasteiger partial charge in [0.05, 0.1) is 10.0 Å². The number of aryl methyl sites for hydroxylation is 1. The molecule has 0 radical (unpaired) electrons. The molecular formula is C22H20Cl2N2OS. The average Bonchev–Trinajstić information content (AvgIpc) is 3.20. The van der Waals surface area contributed by atoms with E-state index in [0.29, 0.717) is 21.6 Å². The Morgan fingerprint density at radius 3 is 2.36 bits per heavy atom. The number of hydrogen-bond donors (Lipinski definition) is 0. The summed E-state index contributed by atoms with van der Waals surface area (Å²) in [6.45, 7) is 5.68. The Labute approximate surface area is 180 Å². The zero-order valence-electron chi connectivity index (χ0n) is 15.5. The van der Waals surface area contributed by atoms with Crippen LogP contribution in [0.4, 0.5) is 5.69 Å². The molecule has 0 atom stereocenters. The highest BCUT2D eigenvalue weighted by atomic mass is 35.5. The van der Waals surface area contributed by atoms with E-state index in [1.54, 1.807) is 6.07 Å². The fourth-order valence-corrected chi connectivity index (χ4v) is 4.06. The molecule has 28 heavy (non-hydrogen) atoms. The number of thiocarbonyl (C=S) groups is 1. The average molecular weight is 431 g/mol. The minimum absolute atomic E-state index is 0.489. The largest absolute Gasteiger partial charge is 0.454 e. The van der Waals surface area contributed by atoms with E-state index >= 15 is 0 Å². The van der Waals surface area contributed by atoms with Gasteiger partial charge in [0, 0.05) is 37.4 Å². The van der Waals surface area contributed by atoms with Crippen LogP contribution in [0.15, 0.2) is 59.0 Å². The number of benzene rings is 2. The van der Waals surface area contributed by atoms with Crippen LogP contribution in [0.1, 0.15) is 11.3 Å². The molecule has 0 amide bonds. The molecular weight excluding hydrogens is 411 g/mol. The zero-order valence-corrected chi connectivity index (χ0v) is 17.8. The molecule has 2 aromatic carbocycles. The second-order valence-electron chi connectivity index (χ2n) is 6.88. The molecule has 144 valence electrons. The van der Waals surface area contributed by atoms with E-state index in [4.69, 9.17) is 39.8 Å². The maximum atomic E-state index is 6.31. The fourth-order valence-electron chi connectivity index (χ4n) is 3.37. The molecule has 4 rings (SSSR count). The Hall–Kier alpha value is -2.01. The molecule has 1 aromatic heterocycles. The lowest BCUT2D eigenvalue weighted by Gasteiger charge is -2.37. The maximum absolute atomic E-state index is 6.31. The summed E-state index contributed by atoms with van der Waals surface area (Å²) in [5.41, 5.74) is 3.30. The molecule has 2 heterocycles. The third kappa shape index (κ3) is 3.90. The topological polar surface area (TPSA) is 19.6 Å². The van der Waals surface area contributed by atoms with Gasteiger partial charge in [0.15, 0.2) is 5.76 Å². The molecule has 0 aliphatic carbocycles. The summed E-state index contributed by atoms with van der Waals surface area (Å²) in [6.07, 6.45) is 0. The highest BCUT2D eigenvalue weighted by Crippen LogP contribution is 2.34. The number of nitrogens with zero attached hydrogens (tertiary/aromatic N) is 2. The maximum Gasteiger partial charge on any atom is 0.162 e. The van der Waals surface area contributed by atoms with Crippen LogP contribution in [0.2, 0.25) is 10.0 Å². The Bertz CT molecular complexity index is 992. The van der Waals surface area contributed by atoms with E-state index in [9.17, 15) is 0 Å². The van der Waals surface area contributed by atoms with E-state index in [1.165, 1.54) is 11.3 Å². The Balaban J connectivity index is 1.44. The van der Waals surface area contributed by atoms with E-state index in [2.05, 4.69) is 41.0 Å². The molecule has 1 saturated heterocycles.